The molecule has 0 radical (unpaired) electrons. The maximum atomic E-state index is 5.71. The van der Waals surface area contributed by atoms with Crippen molar-refractivity contribution in [2.75, 3.05) is 6.61 Å². The van der Waals surface area contributed by atoms with E-state index in [1.807, 2.05) is 30.5 Å². The Labute approximate surface area is 129 Å². The largest absolute Gasteiger partial charge is 0.492 e. The fourth-order valence-electron chi connectivity index (χ4n) is 2.20. The van der Waals surface area contributed by atoms with Crippen LogP contribution in [0.1, 0.15) is 17.7 Å². The van der Waals surface area contributed by atoms with Gasteiger partial charge in [-0.25, -0.2) is 0 Å². The summed E-state index contributed by atoms with van der Waals surface area (Å²) in [5, 5.41) is 6.80. The van der Waals surface area contributed by atoms with Gasteiger partial charge >= 0.3 is 0 Å². The van der Waals surface area contributed by atoms with Gasteiger partial charge in [-0.15, -0.1) is 0 Å². The van der Waals surface area contributed by atoms with E-state index in [2.05, 4.69) is 33.2 Å². The van der Waals surface area contributed by atoms with Gasteiger partial charge < -0.3 is 4.74 Å². The molecule has 0 aliphatic heterocycles. The van der Waals surface area contributed by atoms with Crippen LogP contribution in [-0.2, 0) is 6.42 Å². The minimum Gasteiger partial charge on any atom is -0.492 e. The molecule has 0 aliphatic carbocycles. The fourth-order valence-corrected chi connectivity index (χ4v) is 2.20. The molecular weight excluding hydrogens is 276 g/mol. The van der Waals surface area contributed by atoms with Crippen molar-refractivity contribution in [2.45, 2.75) is 19.8 Å². The number of rotatable bonds is 6. The highest BCUT2D eigenvalue weighted by molar-refractivity contribution is 5.53. The number of hydrogen-bond acceptors (Lipinski definition) is 4. The van der Waals surface area contributed by atoms with E-state index in [0.717, 1.165) is 35.7 Å². The first kappa shape index (κ1) is 14.3. The van der Waals surface area contributed by atoms with Gasteiger partial charge in [0.05, 0.1) is 24.2 Å². The van der Waals surface area contributed by atoms with E-state index in [-0.39, 0.29) is 0 Å². The summed E-state index contributed by atoms with van der Waals surface area (Å²) in [6, 6.07) is 9.85. The Morgan fingerprint density at radius 1 is 1.09 bits per heavy atom. The predicted octanol–water partition coefficient (Wildman–Crippen LogP) is 3.19. The summed E-state index contributed by atoms with van der Waals surface area (Å²) in [5.41, 5.74) is 4.10. The van der Waals surface area contributed by atoms with Gasteiger partial charge in [-0.1, -0.05) is 0 Å². The van der Waals surface area contributed by atoms with E-state index in [1.54, 1.807) is 12.4 Å². The topological polar surface area (TPSA) is 63.7 Å². The second kappa shape index (κ2) is 6.85. The lowest BCUT2D eigenvalue weighted by Gasteiger charge is -2.06. The summed E-state index contributed by atoms with van der Waals surface area (Å²) in [6.45, 7) is 2.73. The lowest BCUT2D eigenvalue weighted by Crippen LogP contribution is -2.01. The van der Waals surface area contributed by atoms with Crippen LogP contribution >= 0.6 is 0 Å². The van der Waals surface area contributed by atoms with Crippen LogP contribution in [0.15, 0.2) is 48.9 Å². The van der Waals surface area contributed by atoms with Gasteiger partial charge in [-0.05, 0) is 55.7 Å². The first-order valence-corrected chi connectivity index (χ1v) is 7.31. The molecule has 22 heavy (non-hydrogen) atoms. The van der Waals surface area contributed by atoms with Crippen molar-refractivity contribution in [3.05, 3.63) is 60.2 Å². The van der Waals surface area contributed by atoms with Gasteiger partial charge in [0, 0.05) is 18.1 Å². The van der Waals surface area contributed by atoms with Gasteiger partial charge in [-0.3, -0.25) is 15.1 Å². The Bertz CT molecular complexity index is 708. The first-order valence-electron chi connectivity index (χ1n) is 7.31. The molecule has 0 aromatic carbocycles. The van der Waals surface area contributed by atoms with Crippen LogP contribution in [-0.4, -0.2) is 26.8 Å². The molecule has 112 valence electrons. The lowest BCUT2D eigenvalue weighted by atomic mass is 10.2. The summed E-state index contributed by atoms with van der Waals surface area (Å²) in [6.07, 6.45) is 7.14. The summed E-state index contributed by atoms with van der Waals surface area (Å²) < 4.78 is 5.71. The average Bonchev–Trinajstić information content (AvgIpc) is 3.07. The predicted molar refractivity (Wildman–Crippen MR) is 84.6 cm³/mol. The Balaban J connectivity index is 1.48. The SMILES string of the molecule is Cc1ccnc(CCCOc2ccc(-c3ccn[nH]3)nc2)c1. The van der Waals surface area contributed by atoms with E-state index in [1.165, 1.54) is 5.56 Å². The molecule has 0 saturated heterocycles. The Morgan fingerprint density at radius 3 is 2.77 bits per heavy atom. The summed E-state index contributed by atoms with van der Waals surface area (Å²) in [5.74, 6) is 0.778. The van der Waals surface area contributed by atoms with Crippen LogP contribution in [0.4, 0.5) is 0 Å². The summed E-state index contributed by atoms with van der Waals surface area (Å²) in [7, 11) is 0. The minimum absolute atomic E-state index is 0.653. The maximum absolute atomic E-state index is 5.71. The molecule has 5 heteroatoms. The van der Waals surface area contributed by atoms with Crippen molar-refractivity contribution in [3.8, 4) is 17.1 Å². The van der Waals surface area contributed by atoms with Gasteiger partial charge in [0.15, 0.2) is 0 Å². The third-order valence-corrected chi connectivity index (χ3v) is 3.33. The summed E-state index contributed by atoms with van der Waals surface area (Å²) in [4.78, 5) is 8.71. The fraction of sp³-hybridized carbons (Fsp3) is 0.235. The van der Waals surface area contributed by atoms with Crippen molar-refractivity contribution < 1.29 is 4.74 Å². The molecule has 0 saturated carbocycles. The van der Waals surface area contributed by atoms with Gasteiger partial charge in [0.1, 0.15) is 5.75 Å². The van der Waals surface area contributed by atoms with Crippen LogP contribution < -0.4 is 4.74 Å². The smallest absolute Gasteiger partial charge is 0.137 e. The number of pyridine rings is 2. The van der Waals surface area contributed by atoms with Crippen LogP contribution in [0.3, 0.4) is 0 Å². The zero-order valence-corrected chi connectivity index (χ0v) is 12.5. The number of aromatic amines is 1. The third-order valence-electron chi connectivity index (χ3n) is 3.33. The molecule has 3 rings (SSSR count). The zero-order chi connectivity index (χ0) is 15.2. The molecule has 3 heterocycles. The van der Waals surface area contributed by atoms with E-state index < -0.39 is 0 Å². The molecule has 0 atom stereocenters. The number of ether oxygens (including phenoxy) is 1. The van der Waals surface area contributed by atoms with Crippen molar-refractivity contribution >= 4 is 0 Å². The molecule has 3 aromatic rings. The Kier molecular flexibility index (Phi) is 4.44. The highest BCUT2D eigenvalue weighted by atomic mass is 16.5. The van der Waals surface area contributed by atoms with Crippen molar-refractivity contribution in [3.63, 3.8) is 0 Å². The Morgan fingerprint density at radius 2 is 2.05 bits per heavy atom. The van der Waals surface area contributed by atoms with Crippen molar-refractivity contribution in [2.24, 2.45) is 0 Å². The van der Waals surface area contributed by atoms with Crippen LogP contribution in [0.25, 0.3) is 11.4 Å². The Hall–Kier alpha value is -2.69. The number of aromatic nitrogens is 4. The molecule has 5 nitrogen and oxygen atoms in total. The lowest BCUT2D eigenvalue weighted by molar-refractivity contribution is 0.309. The third kappa shape index (κ3) is 3.69. The monoisotopic (exact) mass is 294 g/mol. The maximum Gasteiger partial charge on any atom is 0.137 e. The molecule has 0 bridgehead atoms. The van der Waals surface area contributed by atoms with E-state index in [4.69, 9.17) is 4.74 Å². The highest BCUT2D eigenvalue weighted by Crippen LogP contribution is 2.17. The minimum atomic E-state index is 0.653. The van der Waals surface area contributed by atoms with Crippen molar-refractivity contribution in [1.29, 1.82) is 0 Å². The quantitative estimate of drug-likeness (QED) is 0.709. The zero-order valence-electron chi connectivity index (χ0n) is 12.5. The first-order chi connectivity index (χ1) is 10.8. The number of nitrogens with zero attached hydrogens (tertiary/aromatic N) is 3. The molecule has 0 unspecified atom stereocenters. The second-order valence-electron chi connectivity index (χ2n) is 5.13. The van der Waals surface area contributed by atoms with Crippen molar-refractivity contribution in [1.82, 2.24) is 20.2 Å². The van der Waals surface area contributed by atoms with E-state index in [0.29, 0.717) is 6.61 Å². The van der Waals surface area contributed by atoms with E-state index >= 15 is 0 Å². The molecule has 0 aliphatic rings. The summed E-state index contributed by atoms with van der Waals surface area (Å²) >= 11 is 0. The molecule has 3 aromatic heterocycles. The van der Waals surface area contributed by atoms with Gasteiger partial charge in [0.25, 0.3) is 0 Å². The highest BCUT2D eigenvalue weighted by Gasteiger charge is 2.01. The second-order valence-corrected chi connectivity index (χ2v) is 5.13. The molecule has 0 amide bonds. The van der Waals surface area contributed by atoms with Gasteiger partial charge in [-0.2, -0.15) is 5.10 Å². The van der Waals surface area contributed by atoms with E-state index in [9.17, 15) is 0 Å². The average molecular weight is 294 g/mol. The number of hydrogen-bond donors (Lipinski definition) is 1. The molecule has 1 N–H and O–H groups in total. The normalized spacial score (nSPS) is 10.6. The van der Waals surface area contributed by atoms with Crippen LogP contribution in [0, 0.1) is 6.92 Å². The van der Waals surface area contributed by atoms with Crippen LogP contribution in [0.2, 0.25) is 0 Å². The number of aryl methyl sites for hydroxylation is 2. The molecule has 0 spiro atoms. The van der Waals surface area contributed by atoms with Gasteiger partial charge in [0.2, 0.25) is 0 Å². The molecule has 0 fully saturated rings. The molecular formula is C17H18N4O. The number of nitrogens with one attached hydrogen (secondary N) is 1. The number of H-pyrrole nitrogens is 1. The standard InChI is InChI=1S/C17H18N4O/c1-13-6-8-18-14(11-13)3-2-10-22-15-4-5-16(19-12-15)17-7-9-20-21-17/h4-9,11-12H,2-3,10H2,1H3,(H,20,21). The van der Waals surface area contributed by atoms with Crippen LogP contribution in [0.5, 0.6) is 5.75 Å².